The number of carbonyl (C=O) groups excluding carboxylic acids is 2. The molecular weight excluding hydrogens is 428 g/mol. The van der Waals surface area contributed by atoms with Gasteiger partial charge >= 0.3 is 5.97 Å². The Labute approximate surface area is 192 Å². The second-order valence-corrected chi connectivity index (χ2v) is 8.76. The Morgan fingerprint density at radius 1 is 1.31 bits per heavy atom. The molecule has 1 unspecified atom stereocenters. The number of likely N-dealkylation sites (tertiary alicyclic amines) is 1. The number of hydrogen-bond donors (Lipinski definition) is 0. The van der Waals surface area contributed by atoms with Gasteiger partial charge in [0.15, 0.2) is 0 Å². The lowest BCUT2D eigenvalue weighted by atomic mass is 9.97. The minimum atomic E-state index is -0.362. The third-order valence-electron chi connectivity index (χ3n) is 5.47. The van der Waals surface area contributed by atoms with Crippen molar-refractivity contribution in [2.45, 2.75) is 37.5 Å². The third-order valence-corrected chi connectivity index (χ3v) is 6.53. The highest BCUT2D eigenvalue weighted by molar-refractivity contribution is 7.99. The number of hydrogen-bond acceptors (Lipinski definition) is 6. The molecule has 1 aromatic carbocycles. The molecule has 0 saturated carbocycles. The Bertz CT molecular complexity index is 939. The van der Waals surface area contributed by atoms with Gasteiger partial charge in [0.05, 0.1) is 17.4 Å². The number of benzene rings is 1. The van der Waals surface area contributed by atoms with Gasteiger partial charge in [0.25, 0.3) is 11.6 Å². The zero-order valence-electron chi connectivity index (χ0n) is 18.2. The van der Waals surface area contributed by atoms with Crippen LogP contribution in [-0.4, -0.2) is 47.1 Å². The summed E-state index contributed by atoms with van der Waals surface area (Å²) in [7, 11) is 0. The molecule has 1 heterocycles. The van der Waals surface area contributed by atoms with Crippen molar-refractivity contribution in [3.63, 3.8) is 0 Å². The van der Waals surface area contributed by atoms with E-state index >= 15 is 0 Å². The molecule has 1 aliphatic carbocycles. The summed E-state index contributed by atoms with van der Waals surface area (Å²) in [4.78, 5) is 39.5. The van der Waals surface area contributed by atoms with Crippen LogP contribution >= 0.6 is 11.8 Å². The van der Waals surface area contributed by atoms with Gasteiger partial charge in [-0.2, -0.15) is 0 Å². The van der Waals surface area contributed by atoms with Crippen LogP contribution in [0.15, 0.2) is 70.3 Å². The highest BCUT2D eigenvalue weighted by atomic mass is 32.2. The predicted molar refractivity (Wildman–Crippen MR) is 124 cm³/mol. The van der Waals surface area contributed by atoms with E-state index in [4.69, 9.17) is 4.74 Å². The monoisotopic (exact) mass is 456 g/mol. The maximum Gasteiger partial charge on any atom is 0.310 e. The number of allylic oxidation sites excluding steroid dienone is 5. The summed E-state index contributed by atoms with van der Waals surface area (Å²) >= 11 is 1.51. The normalized spacial score (nSPS) is 19.1. The lowest BCUT2D eigenvalue weighted by molar-refractivity contribution is -0.428. The van der Waals surface area contributed by atoms with Gasteiger partial charge in [-0.3, -0.25) is 19.7 Å². The summed E-state index contributed by atoms with van der Waals surface area (Å²) in [6.07, 6.45) is 7.64. The van der Waals surface area contributed by atoms with E-state index in [9.17, 15) is 19.7 Å². The summed E-state index contributed by atoms with van der Waals surface area (Å²) in [5.41, 5.74) is 1.09. The highest BCUT2D eigenvalue weighted by Crippen LogP contribution is 2.27. The zero-order valence-corrected chi connectivity index (χ0v) is 19.0. The van der Waals surface area contributed by atoms with Crippen molar-refractivity contribution in [2.24, 2.45) is 5.92 Å². The quantitative estimate of drug-likeness (QED) is 0.190. The number of nitrogens with zero attached hydrogens (tertiary/aromatic N) is 2. The molecule has 1 atom stereocenters. The van der Waals surface area contributed by atoms with E-state index in [1.165, 1.54) is 11.8 Å². The van der Waals surface area contributed by atoms with Gasteiger partial charge in [0.2, 0.25) is 0 Å². The summed E-state index contributed by atoms with van der Waals surface area (Å²) < 4.78 is 5.15. The third kappa shape index (κ3) is 6.32. The highest BCUT2D eigenvalue weighted by Gasteiger charge is 2.31. The first-order valence-electron chi connectivity index (χ1n) is 10.9. The van der Waals surface area contributed by atoms with Gasteiger partial charge in [-0.05, 0) is 44.4 Å². The van der Waals surface area contributed by atoms with Crippen molar-refractivity contribution in [1.29, 1.82) is 0 Å². The minimum absolute atomic E-state index is 0.130. The van der Waals surface area contributed by atoms with Crippen LogP contribution in [0.25, 0.3) is 0 Å². The fourth-order valence-corrected chi connectivity index (χ4v) is 4.73. The lowest BCUT2D eigenvalue weighted by Crippen LogP contribution is -2.43. The first-order chi connectivity index (χ1) is 15.5. The molecule has 0 spiro atoms. The summed E-state index contributed by atoms with van der Waals surface area (Å²) in [6, 6.07) is 9.72. The van der Waals surface area contributed by atoms with Crippen molar-refractivity contribution >= 4 is 23.6 Å². The average molecular weight is 457 g/mol. The SMILES string of the molecule is CCOC(=O)C1CCCN(C(=O)/C(=C/C2=C([N+](=O)[O-])CCC=C2)CSc2ccccc2)C1. The molecule has 1 fully saturated rings. The van der Waals surface area contributed by atoms with E-state index in [1.807, 2.05) is 36.4 Å². The maximum atomic E-state index is 13.5. The number of rotatable bonds is 8. The first-order valence-corrected chi connectivity index (χ1v) is 11.9. The molecule has 1 aliphatic heterocycles. The van der Waals surface area contributed by atoms with Crippen LogP contribution in [0.3, 0.4) is 0 Å². The number of amides is 1. The number of esters is 1. The molecule has 2 aliphatic rings. The largest absolute Gasteiger partial charge is 0.466 e. The predicted octanol–water partition coefficient (Wildman–Crippen LogP) is 4.39. The molecule has 0 radical (unpaired) electrons. The van der Waals surface area contributed by atoms with Crippen molar-refractivity contribution in [3.05, 3.63) is 75.5 Å². The van der Waals surface area contributed by atoms with Crippen LogP contribution in [0.1, 0.15) is 32.6 Å². The van der Waals surface area contributed by atoms with Crippen LogP contribution in [0.4, 0.5) is 0 Å². The molecule has 8 heteroatoms. The zero-order chi connectivity index (χ0) is 22.9. The Kier molecular flexibility index (Phi) is 8.67. The van der Waals surface area contributed by atoms with Crippen LogP contribution in [0, 0.1) is 16.0 Å². The van der Waals surface area contributed by atoms with Crippen LogP contribution in [0.5, 0.6) is 0 Å². The standard InChI is InChI=1S/C24H28N2O5S/c1-2-31-24(28)19-10-8-14-25(16-19)23(27)20(17-32-21-11-4-3-5-12-21)15-18-9-6-7-13-22(18)26(29)30/h3-6,9,11-12,15,19H,2,7-8,10,13-14,16-17H2,1H3/b20-15+. The summed E-state index contributed by atoms with van der Waals surface area (Å²) in [5.74, 6) is -0.413. The topological polar surface area (TPSA) is 89.8 Å². The molecule has 7 nitrogen and oxygen atoms in total. The molecule has 170 valence electrons. The Hall–Kier alpha value is -2.87. The fourth-order valence-electron chi connectivity index (χ4n) is 3.85. The molecule has 1 amide bonds. The van der Waals surface area contributed by atoms with Crippen molar-refractivity contribution in [2.75, 3.05) is 25.4 Å². The van der Waals surface area contributed by atoms with E-state index in [1.54, 1.807) is 24.0 Å². The van der Waals surface area contributed by atoms with Gasteiger partial charge < -0.3 is 9.64 Å². The van der Waals surface area contributed by atoms with Crippen LogP contribution in [-0.2, 0) is 14.3 Å². The van der Waals surface area contributed by atoms with Gasteiger partial charge in [-0.1, -0.05) is 30.4 Å². The van der Waals surface area contributed by atoms with Gasteiger partial charge in [-0.25, -0.2) is 0 Å². The summed E-state index contributed by atoms with van der Waals surface area (Å²) in [6.45, 7) is 2.94. The molecule has 1 aromatic rings. The second-order valence-electron chi connectivity index (χ2n) is 7.71. The van der Waals surface area contributed by atoms with Crippen molar-refractivity contribution in [1.82, 2.24) is 4.90 Å². The molecule has 0 bridgehead atoms. The Morgan fingerprint density at radius 3 is 2.81 bits per heavy atom. The van der Waals surface area contributed by atoms with Crippen molar-refractivity contribution in [3.8, 4) is 0 Å². The minimum Gasteiger partial charge on any atom is -0.466 e. The van der Waals surface area contributed by atoms with E-state index < -0.39 is 0 Å². The van der Waals surface area contributed by atoms with Gasteiger partial charge in [-0.15, -0.1) is 11.8 Å². The van der Waals surface area contributed by atoms with E-state index in [-0.39, 0.29) is 28.4 Å². The maximum absolute atomic E-state index is 13.5. The average Bonchev–Trinajstić information content (AvgIpc) is 2.82. The number of piperidine rings is 1. The molecule has 32 heavy (non-hydrogen) atoms. The van der Waals surface area contributed by atoms with Crippen molar-refractivity contribution < 1.29 is 19.2 Å². The molecule has 0 N–H and O–H groups in total. The number of carbonyl (C=O) groups is 2. The van der Waals surface area contributed by atoms with E-state index in [2.05, 4.69) is 0 Å². The lowest BCUT2D eigenvalue weighted by Gasteiger charge is -2.32. The second kappa shape index (κ2) is 11.7. The smallest absolute Gasteiger partial charge is 0.310 e. The number of nitro groups is 1. The molecular formula is C24H28N2O5S. The van der Waals surface area contributed by atoms with Crippen LogP contribution < -0.4 is 0 Å². The van der Waals surface area contributed by atoms with E-state index in [0.717, 1.165) is 11.3 Å². The number of ether oxygens (including phenoxy) is 1. The first kappa shape index (κ1) is 23.8. The number of thioether (sulfide) groups is 1. The molecule has 1 saturated heterocycles. The molecule has 0 aromatic heterocycles. The fraction of sp³-hybridized carbons (Fsp3) is 0.417. The summed E-state index contributed by atoms with van der Waals surface area (Å²) in [5, 5.41) is 11.5. The molecule has 3 rings (SSSR count). The van der Waals surface area contributed by atoms with E-state index in [0.29, 0.717) is 55.9 Å². The Balaban J connectivity index is 1.86. The Morgan fingerprint density at radius 2 is 2.09 bits per heavy atom. The van der Waals surface area contributed by atoms with Gasteiger partial charge in [0, 0.05) is 41.3 Å². The van der Waals surface area contributed by atoms with Gasteiger partial charge in [0.1, 0.15) is 0 Å². The van der Waals surface area contributed by atoms with Crippen LogP contribution in [0.2, 0.25) is 0 Å².